The average molecular weight is 442 g/mol. The van der Waals surface area contributed by atoms with E-state index in [1.165, 1.54) is 77.0 Å². The van der Waals surface area contributed by atoms with Crippen LogP contribution < -0.4 is 5.32 Å². The molecular weight excluding hydrogens is 390 g/mol. The van der Waals surface area contributed by atoms with Crippen LogP contribution >= 0.6 is 0 Å². The maximum atomic E-state index is 12.0. The zero-order valence-electron chi connectivity index (χ0n) is 21.8. The molecule has 1 heterocycles. The molecule has 5 rings (SSSR count). The van der Waals surface area contributed by atoms with Crippen molar-refractivity contribution >= 4 is 5.91 Å². The Balaban J connectivity index is 1.28. The fraction of sp³-hybridized carbons (Fsp3) is 0.967. The minimum atomic E-state index is 0.307. The van der Waals surface area contributed by atoms with E-state index in [1.54, 1.807) is 0 Å². The van der Waals surface area contributed by atoms with Crippen molar-refractivity contribution in [1.29, 1.82) is 0 Å². The van der Waals surface area contributed by atoms with Gasteiger partial charge in [-0.25, -0.2) is 0 Å². The van der Waals surface area contributed by atoms with Gasteiger partial charge in [0, 0.05) is 13.0 Å². The van der Waals surface area contributed by atoms with Gasteiger partial charge in [-0.15, -0.1) is 0 Å². The van der Waals surface area contributed by atoms with Crippen LogP contribution in [0.3, 0.4) is 0 Å². The van der Waals surface area contributed by atoms with Crippen LogP contribution in [0.15, 0.2) is 0 Å². The van der Waals surface area contributed by atoms with Crippen LogP contribution in [0.1, 0.15) is 118 Å². The minimum Gasteiger partial charge on any atom is -0.356 e. The lowest BCUT2D eigenvalue weighted by atomic mass is 9.42. The Morgan fingerprint density at radius 3 is 2.41 bits per heavy atom. The lowest BCUT2D eigenvalue weighted by Gasteiger charge is -2.62. The summed E-state index contributed by atoms with van der Waals surface area (Å²) in [5.41, 5.74) is 1.46. The summed E-state index contributed by atoms with van der Waals surface area (Å²) in [6.45, 7) is 13.7. The SMILES string of the molecule is CC(C)CCC[C@@H](C)[C@H]1CC[C@H]2[C@@H]3CC[C@H]4C[C@@]5(CC[C@]4(C)[C@H]3CC[C@]12C)CNC(=O)C5. The summed E-state index contributed by atoms with van der Waals surface area (Å²) in [5, 5.41) is 3.18. The van der Waals surface area contributed by atoms with Gasteiger partial charge in [-0.05, 0) is 115 Å². The van der Waals surface area contributed by atoms with Gasteiger partial charge in [0.2, 0.25) is 5.91 Å². The van der Waals surface area contributed by atoms with E-state index in [4.69, 9.17) is 0 Å². The number of carbonyl (C=O) groups is 1. The van der Waals surface area contributed by atoms with Crippen LogP contribution in [0.4, 0.5) is 0 Å². The molecule has 0 aromatic rings. The molecule has 1 aliphatic heterocycles. The van der Waals surface area contributed by atoms with Gasteiger partial charge < -0.3 is 5.32 Å². The van der Waals surface area contributed by atoms with E-state index in [-0.39, 0.29) is 0 Å². The van der Waals surface area contributed by atoms with Crippen LogP contribution in [0.25, 0.3) is 0 Å². The predicted molar refractivity (Wildman–Crippen MR) is 133 cm³/mol. The lowest BCUT2D eigenvalue weighted by Crippen LogP contribution is -2.55. The highest BCUT2D eigenvalue weighted by molar-refractivity contribution is 5.79. The Morgan fingerprint density at radius 1 is 0.906 bits per heavy atom. The molecule has 0 unspecified atom stereocenters. The van der Waals surface area contributed by atoms with Gasteiger partial charge in [-0.3, -0.25) is 4.79 Å². The Labute approximate surface area is 198 Å². The maximum absolute atomic E-state index is 12.0. The fourth-order valence-corrected chi connectivity index (χ4v) is 10.5. The second kappa shape index (κ2) is 8.30. The quantitative estimate of drug-likeness (QED) is 0.467. The molecule has 0 aromatic carbocycles. The Kier molecular flexibility index (Phi) is 6.02. The van der Waals surface area contributed by atoms with E-state index in [0.717, 1.165) is 54.4 Å². The van der Waals surface area contributed by atoms with Crippen molar-refractivity contribution in [2.75, 3.05) is 6.54 Å². The lowest BCUT2D eigenvalue weighted by molar-refractivity contribution is -0.133. The molecule has 9 atom stereocenters. The summed E-state index contributed by atoms with van der Waals surface area (Å²) in [7, 11) is 0. The van der Waals surface area contributed by atoms with Gasteiger partial charge in [0.1, 0.15) is 0 Å². The standard InChI is InChI=1S/C30H51NO/c1-20(2)7-6-8-21(3)24-11-12-25-23-10-9-22-17-30(18-27(32)31-19-30)16-15-28(22,4)26(23)13-14-29(24,25)5/h20-26H,6-19H2,1-5H3,(H,31,32)/t21-,22+,23+,24-,25+,26+,28+,29-,30-/m1/s1. The Hall–Kier alpha value is -0.530. The third-order valence-corrected chi connectivity index (χ3v) is 12.3. The smallest absolute Gasteiger partial charge is 0.220 e. The Morgan fingerprint density at radius 2 is 1.69 bits per heavy atom. The first-order valence-corrected chi connectivity index (χ1v) is 14.4. The molecule has 2 nitrogen and oxygen atoms in total. The van der Waals surface area contributed by atoms with Crippen LogP contribution in [-0.4, -0.2) is 12.5 Å². The molecule has 1 saturated heterocycles. The summed E-state index contributed by atoms with van der Waals surface area (Å²) in [6, 6.07) is 0. The van der Waals surface area contributed by atoms with Crippen LogP contribution in [0.2, 0.25) is 0 Å². The molecule has 182 valence electrons. The van der Waals surface area contributed by atoms with E-state index in [9.17, 15) is 4.79 Å². The number of carbonyl (C=O) groups excluding carboxylic acids is 1. The van der Waals surface area contributed by atoms with Crippen molar-refractivity contribution in [2.24, 2.45) is 57.7 Å². The van der Waals surface area contributed by atoms with Gasteiger partial charge in [0.15, 0.2) is 0 Å². The van der Waals surface area contributed by atoms with Crippen molar-refractivity contribution in [3.8, 4) is 0 Å². The molecule has 1 amide bonds. The van der Waals surface area contributed by atoms with Crippen molar-refractivity contribution in [3.63, 3.8) is 0 Å². The zero-order valence-corrected chi connectivity index (χ0v) is 21.8. The van der Waals surface area contributed by atoms with E-state index in [2.05, 4.69) is 39.9 Å². The third-order valence-electron chi connectivity index (χ3n) is 12.3. The van der Waals surface area contributed by atoms with Crippen molar-refractivity contribution < 1.29 is 4.79 Å². The number of nitrogens with one attached hydrogen (secondary N) is 1. The van der Waals surface area contributed by atoms with Crippen LogP contribution in [0.5, 0.6) is 0 Å². The van der Waals surface area contributed by atoms with E-state index < -0.39 is 0 Å². The van der Waals surface area contributed by atoms with Gasteiger partial charge in [0.05, 0.1) is 0 Å². The number of fused-ring (bicyclic) bond motifs is 5. The summed E-state index contributed by atoms with van der Waals surface area (Å²) in [5.74, 6) is 6.84. The first-order valence-electron chi connectivity index (χ1n) is 14.4. The first kappa shape index (κ1) is 23.2. The van der Waals surface area contributed by atoms with E-state index in [1.807, 2.05) is 0 Å². The second-order valence-electron chi connectivity index (χ2n) is 14.3. The summed E-state index contributed by atoms with van der Waals surface area (Å²) >= 11 is 0. The van der Waals surface area contributed by atoms with Crippen molar-refractivity contribution in [2.45, 2.75) is 118 Å². The molecule has 2 heteroatoms. The molecule has 4 saturated carbocycles. The number of amides is 1. The van der Waals surface area contributed by atoms with Gasteiger partial charge in [-0.1, -0.05) is 53.9 Å². The molecule has 4 aliphatic carbocycles. The minimum absolute atomic E-state index is 0.307. The van der Waals surface area contributed by atoms with E-state index >= 15 is 0 Å². The summed E-state index contributed by atoms with van der Waals surface area (Å²) < 4.78 is 0. The molecular formula is C30H51NO. The summed E-state index contributed by atoms with van der Waals surface area (Å²) in [4.78, 5) is 12.0. The zero-order chi connectivity index (χ0) is 22.7. The third kappa shape index (κ3) is 3.69. The normalized spacial score (nSPS) is 48.9. The van der Waals surface area contributed by atoms with Crippen molar-refractivity contribution in [1.82, 2.24) is 5.32 Å². The number of hydrogen-bond donors (Lipinski definition) is 1. The molecule has 0 aromatic heterocycles. The number of rotatable bonds is 5. The van der Waals surface area contributed by atoms with E-state index in [0.29, 0.717) is 22.2 Å². The summed E-state index contributed by atoms with van der Waals surface area (Å²) in [6.07, 6.45) is 18.0. The largest absolute Gasteiger partial charge is 0.356 e. The van der Waals surface area contributed by atoms with Crippen LogP contribution in [-0.2, 0) is 4.79 Å². The van der Waals surface area contributed by atoms with Crippen LogP contribution in [0, 0.1) is 57.7 Å². The highest BCUT2D eigenvalue weighted by atomic mass is 16.1. The molecule has 32 heavy (non-hydrogen) atoms. The van der Waals surface area contributed by atoms with Crippen molar-refractivity contribution in [3.05, 3.63) is 0 Å². The van der Waals surface area contributed by atoms with Gasteiger partial charge in [0.25, 0.3) is 0 Å². The predicted octanol–water partition coefficient (Wildman–Crippen LogP) is 7.61. The monoisotopic (exact) mass is 441 g/mol. The highest BCUT2D eigenvalue weighted by Crippen LogP contribution is 2.69. The topological polar surface area (TPSA) is 29.1 Å². The molecule has 5 fully saturated rings. The molecule has 1 spiro atoms. The molecule has 5 aliphatic rings. The maximum Gasteiger partial charge on any atom is 0.220 e. The molecule has 0 bridgehead atoms. The van der Waals surface area contributed by atoms with Gasteiger partial charge in [-0.2, -0.15) is 0 Å². The van der Waals surface area contributed by atoms with Gasteiger partial charge >= 0.3 is 0 Å². The molecule has 1 N–H and O–H groups in total. The highest BCUT2D eigenvalue weighted by Gasteiger charge is 2.62. The second-order valence-corrected chi connectivity index (χ2v) is 14.3. The number of hydrogen-bond acceptors (Lipinski definition) is 1. The fourth-order valence-electron chi connectivity index (χ4n) is 10.5. The average Bonchev–Trinajstić information content (AvgIpc) is 3.28. The first-order chi connectivity index (χ1) is 15.2. The molecule has 0 radical (unpaired) electrons. The Bertz CT molecular complexity index is 716.